The first-order valence-corrected chi connectivity index (χ1v) is 9.21. The highest BCUT2D eigenvalue weighted by Gasteiger charge is 2.30. The number of ether oxygens (including phenoxy) is 2. The minimum atomic E-state index is 0.346. The van der Waals surface area contributed by atoms with Crippen LogP contribution >= 0.6 is 0 Å². The van der Waals surface area contributed by atoms with E-state index in [1.165, 1.54) is 6.42 Å². The van der Waals surface area contributed by atoms with E-state index in [0.717, 1.165) is 30.4 Å². The number of nitrogens with zero attached hydrogens (tertiary/aromatic N) is 3. The number of rotatable bonds is 5. The van der Waals surface area contributed by atoms with Gasteiger partial charge in [-0.05, 0) is 29.5 Å². The average molecular weight is 368 g/mol. The minimum absolute atomic E-state index is 0.346. The van der Waals surface area contributed by atoms with Gasteiger partial charge in [-0.25, -0.2) is 4.98 Å². The molecule has 1 fully saturated rings. The number of nitrogens with one attached hydrogen (secondary N) is 1. The molecule has 0 spiro atoms. The zero-order valence-electron chi connectivity index (χ0n) is 16.5. The summed E-state index contributed by atoms with van der Waals surface area (Å²) in [6.07, 6.45) is 3.01. The number of aliphatic imine (C=N–C) groups is 1. The molecular formula is C21H28N4O2. The van der Waals surface area contributed by atoms with Crippen LogP contribution in [0.25, 0.3) is 0 Å². The van der Waals surface area contributed by atoms with E-state index in [9.17, 15) is 0 Å². The molecule has 0 saturated carbocycles. The third-order valence-corrected chi connectivity index (χ3v) is 4.70. The Morgan fingerprint density at radius 3 is 2.70 bits per heavy atom. The molecular weight excluding hydrogens is 340 g/mol. The van der Waals surface area contributed by atoms with Crippen molar-refractivity contribution in [3.63, 3.8) is 0 Å². The Bertz CT molecular complexity index is 787. The van der Waals surface area contributed by atoms with Crippen LogP contribution in [-0.2, 0) is 6.54 Å². The van der Waals surface area contributed by atoms with Gasteiger partial charge in [0.1, 0.15) is 11.5 Å². The second-order valence-corrected chi connectivity index (χ2v) is 7.52. The molecule has 6 nitrogen and oxygen atoms in total. The van der Waals surface area contributed by atoms with E-state index in [1.807, 2.05) is 49.6 Å². The first kappa shape index (κ1) is 19.0. The summed E-state index contributed by atoms with van der Waals surface area (Å²) in [6, 6.07) is 11.4. The van der Waals surface area contributed by atoms with Crippen LogP contribution in [0.1, 0.15) is 25.8 Å². The summed E-state index contributed by atoms with van der Waals surface area (Å²) in [4.78, 5) is 11.1. The van der Waals surface area contributed by atoms with Crippen LogP contribution in [0.3, 0.4) is 0 Å². The Morgan fingerprint density at radius 2 is 2.07 bits per heavy atom. The van der Waals surface area contributed by atoms with Gasteiger partial charge in [-0.3, -0.25) is 4.99 Å². The number of benzene rings is 1. The number of likely N-dealkylation sites (tertiary alicyclic amines) is 1. The molecule has 2 aromatic rings. The molecule has 0 bridgehead atoms. The minimum Gasteiger partial charge on any atom is -0.497 e. The fraction of sp³-hybridized carbons (Fsp3) is 0.429. The van der Waals surface area contributed by atoms with E-state index in [1.54, 1.807) is 7.11 Å². The van der Waals surface area contributed by atoms with E-state index in [0.29, 0.717) is 23.6 Å². The van der Waals surface area contributed by atoms with E-state index < -0.39 is 0 Å². The monoisotopic (exact) mass is 368 g/mol. The first-order valence-electron chi connectivity index (χ1n) is 9.21. The molecule has 1 aliphatic heterocycles. The van der Waals surface area contributed by atoms with Crippen molar-refractivity contribution in [3.05, 3.63) is 48.2 Å². The van der Waals surface area contributed by atoms with E-state index in [-0.39, 0.29) is 0 Å². The van der Waals surface area contributed by atoms with Crippen molar-refractivity contribution in [2.75, 3.05) is 27.2 Å². The molecule has 2 heterocycles. The van der Waals surface area contributed by atoms with Gasteiger partial charge in [-0.2, -0.15) is 0 Å². The van der Waals surface area contributed by atoms with E-state index >= 15 is 0 Å². The van der Waals surface area contributed by atoms with Gasteiger partial charge in [0.25, 0.3) is 0 Å². The molecule has 0 amide bonds. The predicted molar refractivity (Wildman–Crippen MR) is 107 cm³/mol. The predicted octanol–water partition coefficient (Wildman–Crippen LogP) is 3.69. The Hall–Kier alpha value is -2.76. The normalized spacial score (nSPS) is 16.3. The summed E-state index contributed by atoms with van der Waals surface area (Å²) < 4.78 is 11.0. The number of hydrogen-bond acceptors (Lipinski definition) is 4. The fourth-order valence-electron chi connectivity index (χ4n) is 3.17. The van der Waals surface area contributed by atoms with Gasteiger partial charge in [0.15, 0.2) is 5.96 Å². The van der Waals surface area contributed by atoms with Crippen LogP contribution in [0.15, 0.2) is 47.6 Å². The second kappa shape index (κ2) is 8.29. The van der Waals surface area contributed by atoms with Crippen molar-refractivity contribution in [1.82, 2.24) is 15.2 Å². The van der Waals surface area contributed by atoms with E-state index in [2.05, 4.69) is 34.0 Å². The van der Waals surface area contributed by atoms with Crippen molar-refractivity contribution in [1.29, 1.82) is 0 Å². The molecule has 1 aromatic carbocycles. The van der Waals surface area contributed by atoms with Crippen molar-refractivity contribution in [2.45, 2.75) is 26.8 Å². The van der Waals surface area contributed by atoms with Crippen LogP contribution in [-0.4, -0.2) is 43.1 Å². The molecule has 144 valence electrons. The average Bonchev–Trinajstić information content (AvgIpc) is 3.03. The van der Waals surface area contributed by atoms with Crippen molar-refractivity contribution in [2.24, 2.45) is 10.4 Å². The van der Waals surface area contributed by atoms with Gasteiger partial charge in [0.05, 0.1) is 7.11 Å². The maximum atomic E-state index is 5.78. The second-order valence-electron chi connectivity index (χ2n) is 7.52. The highest BCUT2D eigenvalue weighted by molar-refractivity contribution is 5.80. The maximum absolute atomic E-state index is 5.78. The highest BCUT2D eigenvalue weighted by atomic mass is 16.5. The van der Waals surface area contributed by atoms with Gasteiger partial charge in [0.2, 0.25) is 5.88 Å². The number of aromatic nitrogens is 1. The summed E-state index contributed by atoms with van der Waals surface area (Å²) in [5, 5.41) is 3.43. The van der Waals surface area contributed by atoms with Gasteiger partial charge in [-0.1, -0.05) is 26.0 Å². The Balaban J connectivity index is 1.56. The number of methoxy groups -OCH3 is 1. The number of pyridine rings is 1. The third kappa shape index (κ3) is 5.12. The largest absolute Gasteiger partial charge is 0.497 e. The SMILES string of the molecule is CN=C(NCc1ccc(Oc2cccc(OC)c2)nc1)N1CCC(C)(C)C1. The maximum Gasteiger partial charge on any atom is 0.219 e. The lowest BCUT2D eigenvalue weighted by molar-refractivity contribution is 0.370. The lowest BCUT2D eigenvalue weighted by atomic mass is 9.93. The van der Waals surface area contributed by atoms with Gasteiger partial charge >= 0.3 is 0 Å². The van der Waals surface area contributed by atoms with Crippen LogP contribution in [0.4, 0.5) is 0 Å². The lowest BCUT2D eigenvalue weighted by Gasteiger charge is -2.23. The number of hydrogen-bond donors (Lipinski definition) is 1. The van der Waals surface area contributed by atoms with Crippen molar-refractivity contribution in [3.8, 4) is 17.4 Å². The molecule has 1 N–H and O–H groups in total. The zero-order valence-corrected chi connectivity index (χ0v) is 16.5. The van der Waals surface area contributed by atoms with E-state index in [4.69, 9.17) is 9.47 Å². The van der Waals surface area contributed by atoms with Crippen molar-refractivity contribution < 1.29 is 9.47 Å². The first-order chi connectivity index (χ1) is 13.0. The standard InChI is InChI=1S/C21H28N4O2/c1-21(2)10-11-25(15-21)20(22-3)24-14-16-8-9-19(23-13-16)27-18-7-5-6-17(12-18)26-4/h5-9,12-13H,10-11,14-15H2,1-4H3,(H,22,24). The highest BCUT2D eigenvalue weighted by Crippen LogP contribution is 2.28. The van der Waals surface area contributed by atoms with Crippen LogP contribution in [0.2, 0.25) is 0 Å². The van der Waals surface area contributed by atoms with Crippen LogP contribution in [0, 0.1) is 5.41 Å². The number of guanidine groups is 1. The summed E-state index contributed by atoms with van der Waals surface area (Å²) in [7, 11) is 3.47. The Labute approximate surface area is 161 Å². The van der Waals surface area contributed by atoms with Crippen LogP contribution < -0.4 is 14.8 Å². The lowest BCUT2D eigenvalue weighted by Crippen LogP contribution is -2.40. The molecule has 0 atom stereocenters. The molecule has 1 aromatic heterocycles. The smallest absolute Gasteiger partial charge is 0.219 e. The molecule has 27 heavy (non-hydrogen) atoms. The molecule has 0 unspecified atom stereocenters. The molecule has 3 rings (SSSR count). The zero-order chi connectivity index (χ0) is 19.3. The van der Waals surface area contributed by atoms with Crippen molar-refractivity contribution >= 4 is 5.96 Å². The molecule has 0 aliphatic carbocycles. The molecule has 6 heteroatoms. The summed E-state index contributed by atoms with van der Waals surface area (Å²) in [5.74, 6) is 2.95. The van der Waals surface area contributed by atoms with Gasteiger partial charge < -0.3 is 19.7 Å². The van der Waals surface area contributed by atoms with Gasteiger partial charge in [0, 0.05) is 45.0 Å². The quantitative estimate of drug-likeness (QED) is 0.644. The summed E-state index contributed by atoms with van der Waals surface area (Å²) >= 11 is 0. The third-order valence-electron chi connectivity index (χ3n) is 4.70. The fourth-order valence-corrected chi connectivity index (χ4v) is 3.17. The molecule has 1 aliphatic rings. The Morgan fingerprint density at radius 1 is 1.26 bits per heavy atom. The van der Waals surface area contributed by atoms with Crippen LogP contribution in [0.5, 0.6) is 17.4 Å². The van der Waals surface area contributed by atoms with Gasteiger partial charge in [-0.15, -0.1) is 0 Å². The summed E-state index contributed by atoms with van der Waals surface area (Å²) in [6.45, 7) is 7.34. The Kier molecular flexibility index (Phi) is 5.84. The topological polar surface area (TPSA) is 59.0 Å². The summed E-state index contributed by atoms with van der Waals surface area (Å²) in [5.41, 5.74) is 1.42. The molecule has 1 saturated heterocycles. The molecule has 0 radical (unpaired) electrons.